The van der Waals surface area contributed by atoms with E-state index in [4.69, 9.17) is 11.5 Å². The van der Waals surface area contributed by atoms with Crippen molar-refractivity contribution < 1.29 is 24.3 Å². The molecule has 4 unspecified atom stereocenters. The lowest BCUT2D eigenvalue weighted by Gasteiger charge is -2.25. The third-order valence-corrected chi connectivity index (χ3v) is 5.14. The minimum absolute atomic E-state index is 0.0127. The Bertz CT molecular complexity index is 617. The second-order valence-electron chi connectivity index (χ2n) is 8.85. The van der Waals surface area contributed by atoms with Crippen molar-refractivity contribution in [3.05, 3.63) is 0 Å². The molecule has 32 heavy (non-hydrogen) atoms. The maximum absolute atomic E-state index is 12.8. The summed E-state index contributed by atoms with van der Waals surface area (Å²) in [4.78, 5) is 49.3. The minimum atomic E-state index is -1.15. The number of nitrogens with one attached hydrogen (secondary N) is 3. The Labute approximate surface area is 196 Å². The number of aliphatic carboxylic acids is 1. The average molecular weight is 476 g/mol. The highest BCUT2D eigenvalue weighted by Crippen LogP contribution is 2.08. The van der Waals surface area contributed by atoms with Crippen LogP contribution in [0.25, 0.3) is 0 Å². The molecular formula is C21H41N5O5S. The van der Waals surface area contributed by atoms with Gasteiger partial charge in [0.05, 0.1) is 6.04 Å². The Balaban J connectivity index is 5.20. The third-order valence-electron chi connectivity index (χ3n) is 4.78. The lowest BCUT2D eigenvalue weighted by atomic mass is 10.0. The first-order valence-corrected chi connectivity index (χ1v) is 11.8. The number of carbonyl (C=O) groups excluding carboxylic acids is 3. The highest BCUT2D eigenvalue weighted by atomic mass is 32.1. The fraction of sp³-hybridized carbons (Fsp3) is 0.810. The van der Waals surface area contributed by atoms with Gasteiger partial charge in [0.1, 0.15) is 18.1 Å². The number of nitrogens with two attached hydrogens (primary N) is 2. The molecule has 10 nitrogen and oxygen atoms in total. The van der Waals surface area contributed by atoms with Gasteiger partial charge in [-0.2, -0.15) is 12.6 Å². The van der Waals surface area contributed by atoms with Crippen molar-refractivity contribution in [3.8, 4) is 0 Å². The molecule has 0 fully saturated rings. The van der Waals surface area contributed by atoms with E-state index in [0.717, 1.165) is 0 Å². The number of carbonyl (C=O) groups is 4. The quantitative estimate of drug-likeness (QED) is 0.121. The first-order valence-electron chi connectivity index (χ1n) is 11.1. The Morgan fingerprint density at radius 3 is 1.78 bits per heavy atom. The zero-order valence-electron chi connectivity index (χ0n) is 19.6. The topological polar surface area (TPSA) is 177 Å². The van der Waals surface area contributed by atoms with E-state index in [0.29, 0.717) is 32.2 Å². The first-order chi connectivity index (χ1) is 14.9. The van der Waals surface area contributed by atoms with Crippen molar-refractivity contribution in [2.24, 2.45) is 23.3 Å². The molecule has 3 amide bonds. The van der Waals surface area contributed by atoms with Crippen molar-refractivity contribution in [2.45, 2.75) is 84.0 Å². The Hall–Kier alpha value is -1.85. The predicted octanol–water partition coefficient (Wildman–Crippen LogP) is 0.00370. The van der Waals surface area contributed by atoms with Crippen molar-refractivity contribution in [1.29, 1.82) is 0 Å². The summed E-state index contributed by atoms with van der Waals surface area (Å²) in [5.41, 5.74) is 11.3. The number of hydrogen-bond acceptors (Lipinski definition) is 7. The van der Waals surface area contributed by atoms with E-state index < -0.39 is 47.9 Å². The van der Waals surface area contributed by atoms with Crippen LogP contribution in [-0.2, 0) is 19.2 Å². The van der Waals surface area contributed by atoms with Gasteiger partial charge < -0.3 is 32.5 Å². The van der Waals surface area contributed by atoms with Crippen LogP contribution in [0.4, 0.5) is 0 Å². The molecular weight excluding hydrogens is 434 g/mol. The largest absolute Gasteiger partial charge is 0.480 e. The molecule has 0 aromatic heterocycles. The molecule has 0 aliphatic heterocycles. The Kier molecular flexibility index (Phi) is 15.0. The summed E-state index contributed by atoms with van der Waals surface area (Å²) in [6.45, 7) is 8.07. The predicted molar refractivity (Wildman–Crippen MR) is 127 cm³/mol. The number of rotatable bonds is 16. The number of hydrogen-bond donors (Lipinski definition) is 7. The van der Waals surface area contributed by atoms with Crippen LogP contribution in [0.3, 0.4) is 0 Å². The molecule has 0 aromatic rings. The zero-order valence-corrected chi connectivity index (χ0v) is 20.5. The fourth-order valence-corrected chi connectivity index (χ4v) is 3.34. The van der Waals surface area contributed by atoms with Crippen LogP contribution in [-0.4, -0.2) is 65.3 Å². The molecule has 0 heterocycles. The third kappa shape index (κ3) is 12.3. The van der Waals surface area contributed by atoms with Crippen molar-refractivity contribution in [1.82, 2.24) is 16.0 Å². The van der Waals surface area contributed by atoms with Gasteiger partial charge in [0.25, 0.3) is 0 Å². The van der Waals surface area contributed by atoms with E-state index in [9.17, 15) is 24.3 Å². The number of carboxylic acids is 1. The highest BCUT2D eigenvalue weighted by molar-refractivity contribution is 7.80. The lowest BCUT2D eigenvalue weighted by molar-refractivity contribution is -0.142. The van der Waals surface area contributed by atoms with Crippen molar-refractivity contribution >= 4 is 36.3 Å². The van der Waals surface area contributed by atoms with Gasteiger partial charge >= 0.3 is 5.97 Å². The molecule has 186 valence electrons. The fourth-order valence-electron chi connectivity index (χ4n) is 3.09. The summed E-state index contributed by atoms with van der Waals surface area (Å²) in [7, 11) is 0. The summed E-state index contributed by atoms with van der Waals surface area (Å²) in [5, 5.41) is 17.1. The molecule has 0 aliphatic carbocycles. The van der Waals surface area contributed by atoms with Gasteiger partial charge in [-0.25, -0.2) is 4.79 Å². The molecule has 0 saturated heterocycles. The maximum Gasteiger partial charge on any atom is 0.326 e. The molecule has 0 rings (SSSR count). The molecule has 0 bridgehead atoms. The van der Waals surface area contributed by atoms with Crippen molar-refractivity contribution in [3.63, 3.8) is 0 Å². The number of carboxylic acid groups (broad SMARTS) is 1. The standard InChI is InChI=1S/C21H41N5O5S/c1-12(2)9-14(23)18(27)26-17(11-32)20(29)25-16(10-13(3)4)19(28)24-15(21(30)31)7-5-6-8-22/h12-17,32H,5-11,22-23H2,1-4H3,(H,24,28)(H,25,29)(H,26,27)(H,30,31). The van der Waals surface area contributed by atoms with Gasteiger partial charge in [-0.05, 0) is 50.5 Å². The Morgan fingerprint density at radius 1 is 0.812 bits per heavy atom. The number of thiol groups is 1. The van der Waals surface area contributed by atoms with E-state index in [-0.39, 0.29) is 24.0 Å². The van der Waals surface area contributed by atoms with Gasteiger partial charge in [0.15, 0.2) is 0 Å². The first kappa shape index (κ1) is 30.1. The van der Waals surface area contributed by atoms with E-state index in [1.165, 1.54) is 0 Å². The molecule has 0 aromatic carbocycles. The minimum Gasteiger partial charge on any atom is -0.480 e. The zero-order chi connectivity index (χ0) is 24.8. The van der Waals surface area contributed by atoms with Crippen LogP contribution in [0.15, 0.2) is 0 Å². The van der Waals surface area contributed by atoms with E-state index in [1.807, 2.05) is 27.7 Å². The Morgan fingerprint density at radius 2 is 1.31 bits per heavy atom. The second-order valence-corrected chi connectivity index (χ2v) is 9.22. The normalized spacial score (nSPS) is 15.0. The second kappa shape index (κ2) is 15.9. The summed E-state index contributed by atoms with van der Waals surface area (Å²) in [6.07, 6.45) is 2.20. The number of unbranched alkanes of at least 4 members (excludes halogenated alkanes) is 1. The van der Waals surface area contributed by atoms with Gasteiger partial charge in [-0.1, -0.05) is 27.7 Å². The van der Waals surface area contributed by atoms with Gasteiger partial charge in [0.2, 0.25) is 17.7 Å². The van der Waals surface area contributed by atoms with Gasteiger partial charge in [-0.15, -0.1) is 0 Å². The van der Waals surface area contributed by atoms with Crippen molar-refractivity contribution in [2.75, 3.05) is 12.3 Å². The van der Waals surface area contributed by atoms with Crippen LogP contribution >= 0.6 is 12.6 Å². The monoisotopic (exact) mass is 475 g/mol. The van der Waals surface area contributed by atoms with E-state index >= 15 is 0 Å². The molecule has 4 atom stereocenters. The van der Waals surface area contributed by atoms with Crippen LogP contribution in [0.1, 0.15) is 59.8 Å². The summed E-state index contributed by atoms with van der Waals surface area (Å²) < 4.78 is 0. The summed E-state index contributed by atoms with van der Waals surface area (Å²) in [6, 6.07) is -3.77. The number of amides is 3. The van der Waals surface area contributed by atoms with Gasteiger partial charge in [0, 0.05) is 5.75 Å². The SMILES string of the molecule is CC(C)CC(N)C(=O)NC(CS)C(=O)NC(CC(C)C)C(=O)NC(CCCCN)C(=O)O. The average Bonchev–Trinajstić information content (AvgIpc) is 2.69. The van der Waals surface area contributed by atoms with Crippen LogP contribution < -0.4 is 27.4 Å². The maximum atomic E-state index is 12.8. The summed E-state index contributed by atoms with van der Waals surface area (Å²) >= 11 is 4.14. The molecule has 11 heteroatoms. The highest BCUT2D eigenvalue weighted by Gasteiger charge is 2.30. The molecule has 0 aliphatic rings. The molecule has 8 N–H and O–H groups in total. The van der Waals surface area contributed by atoms with Crippen LogP contribution in [0.2, 0.25) is 0 Å². The van der Waals surface area contributed by atoms with E-state index in [2.05, 4.69) is 28.6 Å². The smallest absolute Gasteiger partial charge is 0.326 e. The van der Waals surface area contributed by atoms with Crippen LogP contribution in [0.5, 0.6) is 0 Å². The van der Waals surface area contributed by atoms with Crippen LogP contribution in [0, 0.1) is 11.8 Å². The molecule has 0 spiro atoms. The molecule has 0 saturated carbocycles. The summed E-state index contributed by atoms with van der Waals surface area (Å²) in [5.74, 6) is -2.51. The van der Waals surface area contributed by atoms with Gasteiger partial charge in [-0.3, -0.25) is 14.4 Å². The van der Waals surface area contributed by atoms with E-state index in [1.54, 1.807) is 0 Å². The lowest BCUT2D eigenvalue weighted by Crippen LogP contribution is -2.58. The molecule has 0 radical (unpaired) electrons.